The summed E-state index contributed by atoms with van der Waals surface area (Å²) in [5, 5.41) is 9.97. The maximum atomic E-state index is 11.1. The van der Waals surface area contributed by atoms with Gasteiger partial charge in [0.15, 0.2) is 0 Å². The van der Waals surface area contributed by atoms with Crippen LogP contribution in [0.1, 0.15) is 15.9 Å². The molecule has 0 aliphatic carbocycles. The molecule has 1 N–H and O–H groups in total. The molecule has 2 aromatic carbocycles. The van der Waals surface area contributed by atoms with Crippen molar-refractivity contribution in [2.75, 3.05) is 0 Å². The molecule has 0 saturated heterocycles. The third-order valence-electron chi connectivity index (χ3n) is 4.27. The van der Waals surface area contributed by atoms with E-state index >= 15 is 0 Å². The van der Waals surface area contributed by atoms with Crippen LogP contribution < -0.4 is 0 Å². The fourth-order valence-corrected chi connectivity index (χ4v) is 3.25. The zero-order valence-corrected chi connectivity index (χ0v) is 15.4. The number of rotatable bonds is 4. The maximum absolute atomic E-state index is 11.1. The average Bonchev–Trinajstić information content (AvgIpc) is 3.01. The molecule has 0 aliphatic rings. The van der Waals surface area contributed by atoms with Gasteiger partial charge >= 0.3 is 5.97 Å². The molecular weight excluding hydrogens is 385 g/mol. The second-order valence-electron chi connectivity index (χ2n) is 6.01. The van der Waals surface area contributed by atoms with Gasteiger partial charge in [-0.05, 0) is 42.0 Å². The number of imidazole rings is 1. The lowest BCUT2D eigenvalue weighted by Gasteiger charge is -2.10. The number of nitrogens with zero attached hydrogens (tertiary/aromatic N) is 3. The molecule has 0 bridgehead atoms. The van der Waals surface area contributed by atoms with E-state index in [0.717, 1.165) is 28.0 Å². The van der Waals surface area contributed by atoms with Crippen LogP contribution in [0.3, 0.4) is 0 Å². The normalized spacial score (nSPS) is 11.0. The molecule has 7 heteroatoms. The molecule has 0 amide bonds. The van der Waals surface area contributed by atoms with Gasteiger partial charge in [-0.1, -0.05) is 35.3 Å². The Balaban J connectivity index is 1.86. The van der Waals surface area contributed by atoms with Crippen molar-refractivity contribution in [3.63, 3.8) is 0 Å². The van der Waals surface area contributed by atoms with Crippen LogP contribution in [0.4, 0.5) is 0 Å². The fourth-order valence-electron chi connectivity index (χ4n) is 2.94. The van der Waals surface area contributed by atoms with Crippen LogP contribution in [-0.2, 0) is 6.54 Å². The van der Waals surface area contributed by atoms with Crippen LogP contribution in [-0.4, -0.2) is 25.6 Å². The van der Waals surface area contributed by atoms with E-state index in [4.69, 9.17) is 33.3 Å². The van der Waals surface area contributed by atoms with Gasteiger partial charge in [0.1, 0.15) is 5.82 Å². The zero-order valence-electron chi connectivity index (χ0n) is 13.9. The van der Waals surface area contributed by atoms with Gasteiger partial charge in [0, 0.05) is 24.5 Å². The smallest absolute Gasteiger partial charge is 0.335 e. The highest BCUT2D eigenvalue weighted by Gasteiger charge is 2.15. The predicted octanol–water partition coefficient (Wildman–Crippen LogP) is 5.15. The lowest BCUT2D eigenvalue weighted by atomic mass is 10.1. The van der Waals surface area contributed by atoms with Crippen LogP contribution in [0.25, 0.3) is 22.4 Å². The van der Waals surface area contributed by atoms with Crippen molar-refractivity contribution >= 4 is 40.2 Å². The molecule has 2 aromatic heterocycles. The second kappa shape index (κ2) is 7.02. The monoisotopic (exact) mass is 397 g/mol. The first-order chi connectivity index (χ1) is 13.0. The van der Waals surface area contributed by atoms with Crippen LogP contribution in [0.2, 0.25) is 10.0 Å². The number of aromatic nitrogens is 3. The van der Waals surface area contributed by atoms with E-state index in [1.165, 1.54) is 0 Å². The second-order valence-corrected chi connectivity index (χ2v) is 6.83. The Morgan fingerprint density at radius 3 is 2.33 bits per heavy atom. The summed E-state index contributed by atoms with van der Waals surface area (Å²) in [6.45, 7) is 0.506. The van der Waals surface area contributed by atoms with Gasteiger partial charge in [-0.2, -0.15) is 0 Å². The van der Waals surface area contributed by atoms with Crippen LogP contribution in [0.15, 0.2) is 60.9 Å². The summed E-state index contributed by atoms with van der Waals surface area (Å²) >= 11 is 12.4. The van der Waals surface area contributed by atoms with Crippen molar-refractivity contribution in [2.45, 2.75) is 6.54 Å². The van der Waals surface area contributed by atoms with Gasteiger partial charge in [-0.15, -0.1) is 0 Å². The Hall–Kier alpha value is -2.89. The van der Waals surface area contributed by atoms with Gasteiger partial charge in [0.05, 0.1) is 26.6 Å². The van der Waals surface area contributed by atoms with Crippen molar-refractivity contribution < 1.29 is 9.90 Å². The molecule has 0 aliphatic heterocycles. The van der Waals surface area contributed by atoms with E-state index in [9.17, 15) is 4.79 Å². The van der Waals surface area contributed by atoms with Gasteiger partial charge in [0.25, 0.3) is 0 Å². The third kappa shape index (κ3) is 3.39. The number of fused-ring (bicyclic) bond motifs is 1. The SMILES string of the molecule is O=C(O)c1ccc(Cn2c(-c3ccncc3)nc3cc(Cl)c(Cl)cc32)cc1. The Kier molecular flexibility index (Phi) is 4.56. The minimum atomic E-state index is -0.950. The first kappa shape index (κ1) is 17.5. The maximum Gasteiger partial charge on any atom is 0.335 e. The summed E-state index contributed by atoms with van der Waals surface area (Å²) in [6.07, 6.45) is 3.42. The number of hydrogen-bond acceptors (Lipinski definition) is 3. The molecule has 0 spiro atoms. The summed E-state index contributed by atoms with van der Waals surface area (Å²) in [5.41, 5.74) is 3.69. The Labute approximate surface area is 164 Å². The Bertz CT molecular complexity index is 1140. The minimum Gasteiger partial charge on any atom is -0.478 e. The number of carbonyl (C=O) groups is 1. The van der Waals surface area contributed by atoms with E-state index in [1.54, 1.807) is 48.8 Å². The summed E-state index contributed by atoms with van der Waals surface area (Å²) in [6, 6.07) is 14.1. The lowest BCUT2D eigenvalue weighted by molar-refractivity contribution is 0.0697. The predicted molar refractivity (Wildman–Crippen MR) is 105 cm³/mol. The van der Waals surface area contributed by atoms with Crippen molar-refractivity contribution in [2.24, 2.45) is 0 Å². The van der Waals surface area contributed by atoms with E-state index in [1.807, 2.05) is 16.7 Å². The number of hydrogen-bond donors (Lipinski definition) is 1. The number of pyridine rings is 1. The number of carboxylic acid groups (broad SMARTS) is 1. The molecule has 4 aromatic rings. The quantitative estimate of drug-likeness (QED) is 0.516. The van der Waals surface area contributed by atoms with Gasteiger partial charge in [-0.25, -0.2) is 9.78 Å². The molecule has 134 valence electrons. The van der Waals surface area contributed by atoms with Gasteiger partial charge in [0.2, 0.25) is 0 Å². The summed E-state index contributed by atoms with van der Waals surface area (Å²) in [5.74, 6) is -0.193. The molecule has 0 fully saturated rings. The molecule has 4 rings (SSSR count). The first-order valence-corrected chi connectivity index (χ1v) is 8.86. The van der Waals surface area contributed by atoms with Crippen LogP contribution in [0.5, 0.6) is 0 Å². The van der Waals surface area contributed by atoms with Gasteiger partial charge < -0.3 is 9.67 Å². The molecule has 0 radical (unpaired) electrons. The zero-order chi connectivity index (χ0) is 19.0. The fraction of sp³-hybridized carbons (Fsp3) is 0.0500. The highest BCUT2D eigenvalue weighted by atomic mass is 35.5. The van der Waals surface area contributed by atoms with E-state index < -0.39 is 5.97 Å². The topological polar surface area (TPSA) is 68.0 Å². The van der Waals surface area contributed by atoms with Crippen molar-refractivity contribution in [1.82, 2.24) is 14.5 Å². The highest BCUT2D eigenvalue weighted by Crippen LogP contribution is 2.31. The molecular formula is C20H13Cl2N3O2. The van der Waals surface area contributed by atoms with Gasteiger partial charge in [-0.3, -0.25) is 4.98 Å². The summed E-state index contributed by atoms with van der Waals surface area (Å²) < 4.78 is 2.03. The largest absolute Gasteiger partial charge is 0.478 e. The lowest BCUT2D eigenvalue weighted by Crippen LogP contribution is -2.03. The Morgan fingerprint density at radius 2 is 1.67 bits per heavy atom. The van der Waals surface area contributed by atoms with Crippen molar-refractivity contribution in [3.05, 3.63) is 82.1 Å². The van der Waals surface area contributed by atoms with Crippen molar-refractivity contribution in [1.29, 1.82) is 0 Å². The highest BCUT2D eigenvalue weighted by molar-refractivity contribution is 6.42. The minimum absolute atomic E-state index is 0.249. The Morgan fingerprint density at radius 1 is 1.00 bits per heavy atom. The van der Waals surface area contributed by atoms with E-state index in [0.29, 0.717) is 16.6 Å². The van der Waals surface area contributed by atoms with Crippen LogP contribution in [0, 0.1) is 0 Å². The number of carboxylic acids is 1. The summed E-state index contributed by atoms with van der Waals surface area (Å²) in [7, 11) is 0. The average molecular weight is 398 g/mol. The third-order valence-corrected chi connectivity index (χ3v) is 4.99. The van der Waals surface area contributed by atoms with E-state index in [2.05, 4.69) is 4.98 Å². The number of aromatic carboxylic acids is 1. The summed E-state index contributed by atoms with van der Waals surface area (Å²) in [4.78, 5) is 19.8. The first-order valence-electron chi connectivity index (χ1n) is 8.11. The molecule has 0 atom stereocenters. The van der Waals surface area contributed by atoms with E-state index in [-0.39, 0.29) is 5.56 Å². The molecule has 27 heavy (non-hydrogen) atoms. The molecule has 0 unspecified atom stereocenters. The van der Waals surface area contributed by atoms with Crippen molar-refractivity contribution in [3.8, 4) is 11.4 Å². The number of halogens is 2. The molecule has 2 heterocycles. The molecule has 5 nitrogen and oxygen atoms in total. The van der Waals surface area contributed by atoms with Crippen LogP contribution >= 0.6 is 23.2 Å². The molecule has 0 saturated carbocycles. The number of benzene rings is 2. The standard InChI is InChI=1S/C20H13Cl2N3O2/c21-15-9-17-18(10-16(15)22)25(19(24-17)13-5-7-23-8-6-13)11-12-1-3-14(4-2-12)20(26)27/h1-10H,11H2,(H,26,27).